The molecule has 0 radical (unpaired) electrons. The normalized spacial score (nSPS) is 23.1. The molecule has 26 heavy (non-hydrogen) atoms. The molecule has 4 nitrogen and oxygen atoms in total. The average molecular weight is 350 g/mol. The van der Waals surface area contributed by atoms with Crippen molar-refractivity contribution in [2.45, 2.75) is 50.7 Å². The smallest absolute Gasteiger partial charge is 0.220 e. The lowest BCUT2D eigenvalue weighted by Crippen LogP contribution is -2.48. The zero-order valence-electron chi connectivity index (χ0n) is 15.0. The summed E-state index contributed by atoms with van der Waals surface area (Å²) >= 11 is 0. The molecule has 0 bridgehead atoms. The van der Waals surface area contributed by atoms with Gasteiger partial charge in [-0.2, -0.15) is 0 Å². The van der Waals surface area contributed by atoms with Crippen LogP contribution in [-0.2, 0) is 24.1 Å². The van der Waals surface area contributed by atoms with Gasteiger partial charge in [0, 0.05) is 30.8 Å². The fourth-order valence-corrected chi connectivity index (χ4v) is 4.36. The Hall–Kier alpha value is -2.20. The maximum atomic E-state index is 12.7. The summed E-state index contributed by atoms with van der Waals surface area (Å²) in [6, 6.07) is 14.4. The Bertz CT molecular complexity index is 731. The van der Waals surface area contributed by atoms with Crippen LogP contribution in [0.1, 0.15) is 36.1 Å². The van der Waals surface area contributed by atoms with Gasteiger partial charge in [0.25, 0.3) is 0 Å². The second-order valence-corrected chi connectivity index (χ2v) is 7.83. The summed E-state index contributed by atoms with van der Waals surface area (Å²) in [5, 5.41) is 12.9. The zero-order valence-corrected chi connectivity index (χ0v) is 15.0. The van der Waals surface area contributed by atoms with Crippen LogP contribution in [0.4, 0.5) is 0 Å². The molecule has 1 fully saturated rings. The average Bonchev–Trinajstić information content (AvgIpc) is 3.01. The Morgan fingerprint density at radius 3 is 2.42 bits per heavy atom. The largest absolute Gasteiger partial charge is 0.393 e. The van der Waals surface area contributed by atoms with Gasteiger partial charge in [-0.3, -0.25) is 9.78 Å². The molecular weight excluding hydrogens is 324 g/mol. The summed E-state index contributed by atoms with van der Waals surface area (Å²) < 4.78 is 0. The van der Waals surface area contributed by atoms with E-state index in [1.54, 1.807) is 6.20 Å². The minimum Gasteiger partial charge on any atom is -0.393 e. The number of hydrogen-bond acceptors (Lipinski definition) is 3. The first-order chi connectivity index (χ1) is 12.7. The van der Waals surface area contributed by atoms with E-state index < -0.39 is 0 Å². The molecule has 1 heterocycles. The molecule has 1 atom stereocenters. The lowest BCUT2D eigenvalue weighted by atomic mass is 9.75. The predicted molar refractivity (Wildman–Crippen MR) is 101 cm³/mol. The second-order valence-electron chi connectivity index (χ2n) is 7.83. The van der Waals surface area contributed by atoms with E-state index in [4.69, 9.17) is 0 Å². The molecule has 1 aromatic heterocycles. The lowest BCUT2D eigenvalue weighted by Gasteiger charge is -2.38. The van der Waals surface area contributed by atoms with Crippen molar-refractivity contribution in [1.29, 1.82) is 0 Å². The predicted octanol–water partition coefficient (Wildman–Crippen LogP) is 2.68. The second kappa shape index (κ2) is 7.58. The first kappa shape index (κ1) is 17.2. The van der Waals surface area contributed by atoms with Gasteiger partial charge in [0.1, 0.15) is 0 Å². The van der Waals surface area contributed by atoms with E-state index in [1.807, 2.05) is 18.2 Å². The molecule has 2 aliphatic rings. The molecule has 1 aromatic carbocycles. The number of hydrogen-bond donors (Lipinski definition) is 2. The number of fused-ring (bicyclic) bond motifs is 1. The van der Waals surface area contributed by atoms with Crippen LogP contribution in [0, 0.1) is 11.8 Å². The van der Waals surface area contributed by atoms with E-state index in [9.17, 15) is 9.90 Å². The molecular formula is C22H26N2O2. The molecule has 0 spiro atoms. The van der Waals surface area contributed by atoms with E-state index >= 15 is 0 Å². The molecule has 136 valence electrons. The molecule has 4 heteroatoms. The Morgan fingerprint density at radius 1 is 1.12 bits per heavy atom. The number of pyridine rings is 1. The molecule has 4 rings (SSSR count). The maximum absolute atomic E-state index is 12.7. The summed E-state index contributed by atoms with van der Waals surface area (Å²) in [7, 11) is 0. The number of rotatable bonds is 6. The van der Waals surface area contributed by atoms with Crippen LogP contribution in [-0.4, -0.2) is 28.1 Å². The molecule has 0 aliphatic heterocycles. The highest BCUT2D eigenvalue weighted by Gasteiger charge is 2.35. The Labute approximate surface area is 154 Å². The van der Waals surface area contributed by atoms with Crippen molar-refractivity contribution in [3.05, 3.63) is 65.5 Å². The van der Waals surface area contributed by atoms with Crippen LogP contribution < -0.4 is 5.32 Å². The molecule has 0 unspecified atom stereocenters. The van der Waals surface area contributed by atoms with Crippen LogP contribution in [0.3, 0.4) is 0 Å². The first-order valence-electron chi connectivity index (χ1n) is 9.61. The van der Waals surface area contributed by atoms with Gasteiger partial charge >= 0.3 is 0 Å². The first-order valence-corrected chi connectivity index (χ1v) is 9.61. The minimum atomic E-state index is -0.215. The van der Waals surface area contributed by atoms with Crippen LogP contribution in [0.2, 0.25) is 0 Å². The minimum absolute atomic E-state index is 0.0598. The van der Waals surface area contributed by atoms with E-state index in [1.165, 1.54) is 11.1 Å². The number of aliphatic hydroxyl groups is 1. The van der Waals surface area contributed by atoms with Crippen molar-refractivity contribution in [3.8, 4) is 0 Å². The molecule has 0 saturated heterocycles. The van der Waals surface area contributed by atoms with Crippen LogP contribution >= 0.6 is 0 Å². The highest BCUT2D eigenvalue weighted by molar-refractivity contribution is 5.76. The summed E-state index contributed by atoms with van der Waals surface area (Å²) in [5.74, 6) is 0.872. The Morgan fingerprint density at radius 2 is 1.81 bits per heavy atom. The highest BCUT2D eigenvalue weighted by Crippen LogP contribution is 2.32. The Balaban J connectivity index is 1.35. The van der Waals surface area contributed by atoms with Crippen molar-refractivity contribution in [1.82, 2.24) is 10.3 Å². The van der Waals surface area contributed by atoms with E-state index in [0.29, 0.717) is 18.3 Å². The third-order valence-corrected chi connectivity index (χ3v) is 5.83. The number of aromatic nitrogens is 1. The molecule has 2 N–H and O–H groups in total. The van der Waals surface area contributed by atoms with Gasteiger partial charge in [0.15, 0.2) is 0 Å². The quantitative estimate of drug-likeness (QED) is 0.842. The fraction of sp³-hybridized carbons (Fsp3) is 0.455. The van der Waals surface area contributed by atoms with Gasteiger partial charge in [-0.05, 0) is 60.8 Å². The van der Waals surface area contributed by atoms with Crippen molar-refractivity contribution in [3.63, 3.8) is 0 Å². The third kappa shape index (κ3) is 3.96. The standard InChI is InChI=1S/C22H26N2O2/c25-20-12-18(13-20)21(14-19-7-3-4-8-23-19)24-22(26)11-15-9-16-5-1-2-6-17(16)10-15/h1-8,15,18,20-21,25H,9-14H2,(H,24,26)/t18?,20?,21-/m0/s1. The monoisotopic (exact) mass is 350 g/mol. The van der Waals surface area contributed by atoms with Crippen molar-refractivity contribution in [2.75, 3.05) is 0 Å². The SMILES string of the molecule is O=C(CC1Cc2ccccc2C1)N[C@@H](Cc1ccccn1)C1CC(O)C1. The van der Waals surface area contributed by atoms with Crippen molar-refractivity contribution < 1.29 is 9.90 Å². The Kier molecular flexibility index (Phi) is 5.02. The van der Waals surface area contributed by atoms with Crippen molar-refractivity contribution >= 4 is 5.91 Å². The van der Waals surface area contributed by atoms with Gasteiger partial charge in [-0.1, -0.05) is 30.3 Å². The lowest BCUT2D eigenvalue weighted by molar-refractivity contribution is -0.123. The van der Waals surface area contributed by atoms with Gasteiger partial charge in [0.05, 0.1) is 6.10 Å². The number of carbonyl (C=O) groups excluding carboxylic acids is 1. The van der Waals surface area contributed by atoms with Gasteiger partial charge in [-0.25, -0.2) is 0 Å². The highest BCUT2D eigenvalue weighted by atomic mass is 16.3. The van der Waals surface area contributed by atoms with E-state index in [2.05, 4.69) is 34.6 Å². The van der Waals surface area contributed by atoms with Gasteiger partial charge in [-0.15, -0.1) is 0 Å². The maximum Gasteiger partial charge on any atom is 0.220 e. The molecule has 1 amide bonds. The van der Waals surface area contributed by atoms with Gasteiger partial charge < -0.3 is 10.4 Å². The van der Waals surface area contributed by atoms with E-state index in [-0.39, 0.29) is 18.1 Å². The summed E-state index contributed by atoms with van der Waals surface area (Å²) in [4.78, 5) is 17.1. The fourth-order valence-electron chi connectivity index (χ4n) is 4.36. The zero-order chi connectivity index (χ0) is 17.9. The van der Waals surface area contributed by atoms with Crippen LogP contribution in [0.15, 0.2) is 48.7 Å². The number of aliphatic hydroxyl groups excluding tert-OH is 1. The molecule has 2 aromatic rings. The van der Waals surface area contributed by atoms with Crippen LogP contribution in [0.25, 0.3) is 0 Å². The third-order valence-electron chi connectivity index (χ3n) is 5.83. The molecule has 2 aliphatic carbocycles. The number of nitrogens with zero attached hydrogens (tertiary/aromatic N) is 1. The summed E-state index contributed by atoms with van der Waals surface area (Å²) in [6.45, 7) is 0. The van der Waals surface area contributed by atoms with E-state index in [0.717, 1.165) is 37.8 Å². The number of benzene rings is 1. The molecule has 1 saturated carbocycles. The van der Waals surface area contributed by atoms with Crippen LogP contribution in [0.5, 0.6) is 0 Å². The number of carbonyl (C=O) groups is 1. The van der Waals surface area contributed by atoms with Gasteiger partial charge in [0.2, 0.25) is 5.91 Å². The topological polar surface area (TPSA) is 62.2 Å². The summed E-state index contributed by atoms with van der Waals surface area (Å²) in [6.07, 6.45) is 6.41. The number of nitrogens with one attached hydrogen (secondary N) is 1. The summed E-state index contributed by atoms with van der Waals surface area (Å²) in [5.41, 5.74) is 3.77. The number of amides is 1. The van der Waals surface area contributed by atoms with Crippen molar-refractivity contribution in [2.24, 2.45) is 11.8 Å².